The second kappa shape index (κ2) is 5.63. The standard InChI is InChI=1S/C13H23NO3/c1-5-13(3,4)7-6-11(16)14-12-9(2)17-8-10(12)15/h9,12H,5-8H2,1-4H3,(H,14,16)/t9-,12-/m0/s1. The summed E-state index contributed by atoms with van der Waals surface area (Å²) >= 11 is 0. The first-order valence-corrected chi connectivity index (χ1v) is 6.29. The average Bonchev–Trinajstić information content (AvgIpc) is 2.58. The maximum Gasteiger partial charge on any atom is 0.220 e. The van der Waals surface area contributed by atoms with Gasteiger partial charge < -0.3 is 10.1 Å². The van der Waals surface area contributed by atoms with Crippen LogP contribution >= 0.6 is 0 Å². The van der Waals surface area contributed by atoms with Gasteiger partial charge in [0.25, 0.3) is 0 Å². The van der Waals surface area contributed by atoms with E-state index in [1.165, 1.54) is 0 Å². The highest BCUT2D eigenvalue weighted by Gasteiger charge is 2.33. The number of hydrogen-bond donors (Lipinski definition) is 1. The lowest BCUT2D eigenvalue weighted by Gasteiger charge is -2.22. The van der Waals surface area contributed by atoms with Crippen molar-refractivity contribution in [1.29, 1.82) is 0 Å². The minimum atomic E-state index is -0.452. The molecule has 1 heterocycles. The number of Topliss-reactive ketones (excluding diaryl/α,β-unsaturated/α-hetero) is 1. The van der Waals surface area contributed by atoms with Crippen LogP contribution in [0.25, 0.3) is 0 Å². The second-order valence-corrected chi connectivity index (χ2v) is 5.55. The van der Waals surface area contributed by atoms with E-state index in [2.05, 4.69) is 26.1 Å². The number of carbonyl (C=O) groups excluding carboxylic acids is 2. The van der Waals surface area contributed by atoms with Gasteiger partial charge in [0.15, 0.2) is 5.78 Å². The minimum absolute atomic E-state index is 0.0272. The molecule has 1 amide bonds. The molecule has 2 atom stereocenters. The fourth-order valence-electron chi connectivity index (χ4n) is 1.73. The molecule has 4 nitrogen and oxygen atoms in total. The number of rotatable bonds is 5. The highest BCUT2D eigenvalue weighted by molar-refractivity contribution is 5.91. The van der Waals surface area contributed by atoms with Gasteiger partial charge in [-0.05, 0) is 18.8 Å². The first-order chi connectivity index (χ1) is 7.85. The van der Waals surface area contributed by atoms with Gasteiger partial charge in [0.05, 0.1) is 6.10 Å². The van der Waals surface area contributed by atoms with Crippen molar-refractivity contribution in [2.75, 3.05) is 6.61 Å². The number of amides is 1. The van der Waals surface area contributed by atoms with Crippen molar-refractivity contribution in [1.82, 2.24) is 5.32 Å². The van der Waals surface area contributed by atoms with Crippen LogP contribution in [-0.4, -0.2) is 30.4 Å². The van der Waals surface area contributed by atoms with Crippen molar-refractivity contribution in [2.24, 2.45) is 5.41 Å². The monoisotopic (exact) mass is 241 g/mol. The normalized spacial score (nSPS) is 25.1. The highest BCUT2D eigenvalue weighted by Crippen LogP contribution is 2.25. The van der Waals surface area contributed by atoms with Gasteiger partial charge >= 0.3 is 0 Å². The van der Waals surface area contributed by atoms with Gasteiger partial charge in [-0.3, -0.25) is 9.59 Å². The summed E-state index contributed by atoms with van der Waals surface area (Å²) in [5, 5.41) is 2.76. The van der Waals surface area contributed by atoms with E-state index in [9.17, 15) is 9.59 Å². The molecule has 17 heavy (non-hydrogen) atoms. The summed E-state index contributed by atoms with van der Waals surface area (Å²) in [4.78, 5) is 23.2. The maximum absolute atomic E-state index is 11.7. The molecule has 1 fully saturated rings. The molecule has 0 aromatic carbocycles. The van der Waals surface area contributed by atoms with E-state index in [0.29, 0.717) is 6.42 Å². The highest BCUT2D eigenvalue weighted by atomic mass is 16.5. The molecule has 0 spiro atoms. The lowest BCUT2D eigenvalue weighted by molar-refractivity contribution is -0.126. The molecule has 1 aliphatic heterocycles. The smallest absolute Gasteiger partial charge is 0.220 e. The van der Waals surface area contributed by atoms with Crippen LogP contribution in [0.1, 0.15) is 47.0 Å². The zero-order valence-electron chi connectivity index (χ0n) is 11.2. The third-order valence-electron chi connectivity index (χ3n) is 3.61. The summed E-state index contributed by atoms with van der Waals surface area (Å²) in [6.07, 6.45) is 2.15. The Labute approximate surface area is 103 Å². The summed E-state index contributed by atoms with van der Waals surface area (Å²) in [6.45, 7) is 8.34. The molecule has 0 saturated carbocycles. The lowest BCUT2D eigenvalue weighted by Crippen LogP contribution is -2.43. The second-order valence-electron chi connectivity index (χ2n) is 5.55. The molecule has 0 aromatic heterocycles. The number of ketones is 1. The molecule has 0 aromatic rings. The van der Waals surface area contributed by atoms with Gasteiger partial charge in [0.1, 0.15) is 12.6 Å². The van der Waals surface area contributed by atoms with Crippen LogP contribution in [0.5, 0.6) is 0 Å². The van der Waals surface area contributed by atoms with Crippen molar-refractivity contribution >= 4 is 11.7 Å². The molecule has 1 saturated heterocycles. The van der Waals surface area contributed by atoms with Crippen molar-refractivity contribution in [3.63, 3.8) is 0 Å². The largest absolute Gasteiger partial charge is 0.368 e. The Kier molecular flexibility index (Phi) is 4.69. The number of hydrogen-bond acceptors (Lipinski definition) is 3. The Morgan fingerprint density at radius 2 is 2.18 bits per heavy atom. The zero-order chi connectivity index (χ0) is 13.1. The van der Waals surface area contributed by atoms with Crippen LogP contribution in [0, 0.1) is 5.41 Å². The number of carbonyl (C=O) groups is 2. The third-order valence-corrected chi connectivity index (χ3v) is 3.61. The minimum Gasteiger partial charge on any atom is -0.368 e. The van der Waals surface area contributed by atoms with Gasteiger partial charge in [0, 0.05) is 6.42 Å². The SMILES string of the molecule is CCC(C)(C)CCC(=O)N[C@@H]1C(=O)CO[C@H]1C. The topological polar surface area (TPSA) is 55.4 Å². The number of ether oxygens (including phenoxy) is 1. The molecule has 0 bridgehead atoms. The predicted molar refractivity (Wildman–Crippen MR) is 65.7 cm³/mol. The van der Waals surface area contributed by atoms with Crippen LogP contribution in [0.3, 0.4) is 0 Å². The van der Waals surface area contributed by atoms with E-state index in [0.717, 1.165) is 12.8 Å². The van der Waals surface area contributed by atoms with Gasteiger partial charge in [-0.2, -0.15) is 0 Å². The maximum atomic E-state index is 11.7. The van der Waals surface area contributed by atoms with E-state index >= 15 is 0 Å². The molecule has 0 radical (unpaired) electrons. The zero-order valence-corrected chi connectivity index (χ0v) is 11.2. The van der Waals surface area contributed by atoms with Crippen LogP contribution in [-0.2, 0) is 14.3 Å². The summed E-state index contributed by atoms with van der Waals surface area (Å²) in [7, 11) is 0. The molecule has 0 unspecified atom stereocenters. The van der Waals surface area contributed by atoms with E-state index in [1.54, 1.807) is 0 Å². The van der Waals surface area contributed by atoms with Crippen molar-refractivity contribution in [3.05, 3.63) is 0 Å². The molecule has 98 valence electrons. The fourth-order valence-corrected chi connectivity index (χ4v) is 1.73. The van der Waals surface area contributed by atoms with Crippen LogP contribution in [0.15, 0.2) is 0 Å². The van der Waals surface area contributed by atoms with Crippen LogP contribution in [0.2, 0.25) is 0 Å². The van der Waals surface area contributed by atoms with Crippen molar-refractivity contribution in [3.8, 4) is 0 Å². The molecule has 0 aliphatic carbocycles. The van der Waals surface area contributed by atoms with Crippen molar-refractivity contribution < 1.29 is 14.3 Å². The Hall–Kier alpha value is -0.900. The van der Waals surface area contributed by atoms with E-state index in [-0.39, 0.29) is 29.8 Å². The van der Waals surface area contributed by atoms with Gasteiger partial charge in [-0.25, -0.2) is 0 Å². The Bertz CT molecular complexity index is 299. The summed E-state index contributed by atoms with van der Waals surface area (Å²) in [5.74, 6) is -0.0807. The Morgan fingerprint density at radius 3 is 2.65 bits per heavy atom. The van der Waals surface area contributed by atoms with Gasteiger partial charge in [0.2, 0.25) is 5.91 Å². The van der Waals surface area contributed by atoms with E-state index in [4.69, 9.17) is 4.74 Å². The summed E-state index contributed by atoms with van der Waals surface area (Å²) in [5.41, 5.74) is 0.180. The average molecular weight is 241 g/mol. The quantitative estimate of drug-likeness (QED) is 0.796. The fraction of sp³-hybridized carbons (Fsp3) is 0.846. The van der Waals surface area contributed by atoms with Gasteiger partial charge in [-0.15, -0.1) is 0 Å². The Balaban J connectivity index is 2.37. The van der Waals surface area contributed by atoms with Gasteiger partial charge in [-0.1, -0.05) is 27.2 Å². The Morgan fingerprint density at radius 1 is 1.53 bits per heavy atom. The molecule has 1 aliphatic rings. The van der Waals surface area contributed by atoms with E-state index < -0.39 is 6.04 Å². The molecule has 1 rings (SSSR count). The molecule has 4 heteroatoms. The van der Waals surface area contributed by atoms with Crippen molar-refractivity contribution in [2.45, 2.75) is 59.1 Å². The summed E-state index contributed by atoms with van der Waals surface area (Å²) < 4.78 is 5.18. The first-order valence-electron chi connectivity index (χ1n) is 6.29. The first kappa shape index (κ1) is 14.2. The van der Waals surface area contributed by atoms with Crippen LogP contribution in [0.4, 0.5) is 0 Å². The van der Waals surface area contributed by atoms with E-state index in [1.807, 2.05) is 6.92 Å². The molecular formula is C13H23NO3. The summed E-state index contributed by atoms with van der Waals surface area (Å²) in [6, 6.07) is -0.452. The predicted octanol–water partition coefficient (Wildman–Crippen LogP) is 1.68. The molecule has 1 N–H and O–H groups in total. The lowest BCUT2D eigenvalue weighted by atomic mass is 9.85. The molecular weight excluding hydrogens is 218 g/mol. The van der Waals surface area contributed by atoms with Crippen LogP contribution < -0.4 is 5.32 Å². The number of nitrogens with one attached hydrogen (secondary N) is 1. The third kappa shape index (κ3) is 4.11.